The monoisotopic (exact) mass is 225 g/mol. The highest BCUT2D eigenvalue weighted by Gasteiger charge is 2.35. The molecule has 1 aliphatic rings. The largest absolute Gasteiger partial charge is 0.481 e. The summed E-state index contributed by atoms with van der Waals surface area (Å²) in [6.45, 7) is -0.499. The average molecular weight is 225 g/mol. The fourth-order valence-electron chi connectivity index (χ4n) is 1.95. The lowest BCUT2D eigenvalue weighted by atomic mass is 10.1. The quantitative estimate of drug-likeness (QED) is 0.794. The molecule has 0 spiro atoms. The molecule has 0 aromatic rings. The van der Waals surface area contributed by atoms with Gasteiger partial charge in [0.15, 0.2) is 0 Å². The van der Waals surface area contributed by atoms with E-state index in [4.69, 9.17) is 5.11 Å². The number of aliphatic carboxylic acids is 1. The Morgan fingerprint density at radius 3 is 2.67 bits per heavy atom. The first-order chi connectivity index (χ1) is 6.88. The number of likely N-dealkylation sites (tertiary alicyclic amines) is 1. The Bertz CT molecular complexity index is 230. The van der Waals surface area contributed by atoms with Crippen LogP contribution in [-0.2, 0) is 4.79 Å². The molecule has 0 bridgehead atoms. The van der Waals surface area contributed by atoms with Crippen LogP contribution in [0.5, 0.6) is 0 Å². The highest BCUT2D eigenvalue weighted by atomic mass is 19.4. The van der Waals surface area contributed by atoms with Crippen molar-refractivity contribution in [1.29, 1.82) is 0 Å². The number of carboxylic acids is 1. The van der Waals surface area contributed by atoms with Gasteiger partial charge in [0.2, 0.25) is 0 Å². The maximum absolute atomic E-state index is 12.1. The van der Waals surface area contributed by atoms with Gasteiger partial charge in [-0.25, -0.2) is 0 Å². The molecule has 1 atom stereocenters. The molecule has 1 aliphatic heterocycles. The topological polar surface area (TPSA) is 40.5 Å². The molecule has 1 saturated heterocycles. The van der Waals surface area contributed by atoms with Gasteiger partial charge in [0.1, 0.15) is 0 Å². The van der Waals surface area contributed by atoms with E-state index in [0.29, 0.717) is 19.4 Å². The fraction of sp³-hybridized carbons (Fsp3) is 0.889. The summed E-state index contributed by atoms with van der Waals surface area (Å²) in [5.74, 6) is -0.950. The second-order valence-electron chi connectivity index (χ2n) is 3.81. The third-order valence-electron chi connectivity index (χ3n) is 2.57. The van der Waals surface area contributed by atoms with E-state index >= 15 is 0 Å². The number of carboxylic acid groups (broad SMARTS) is 1. The van der Waals surface area contributed by atoms with E-state index in [9.17, 15) is 18.0 Å². The smallest absolute Gasteiger partial charge is 0.401 e. The van der Waals surface area contributed by atoms with Gasteiger partial charge < -0.3 is 5.11 Å². The second-order valence-corrected chi connectivity index (χ2v) is 3.81. The number of alkyl halides is 3. The van der Waals surface area contributed by atoms with Crippen LogP contribution in [0, 0.1) is 0 Å². The molecular formula is C9H14F3NO2. The molecule has 0 radical (unpaired) electrons. The highest BCUT2D eigenvalue weighted by Crippen LogP contribution is 2.26. The number of hydrogen-bond acceptors (Lipinski definition) is 2. The van der Waals surface area contributed by atoms with Crippen molar-refractivity contribution in [3.05, 3.63) is 0 Å². The lowest BCUT2D eigenvalue weighted by Gasteiger charge is -2.24. The van der Waals surface area contributed by atoms with Crippen LogP contribution in [0.2, 0.25) is 0 Å². The summed E-state index contributed by atoms with van der Waals surface area (Å²) in [7, 11) is 0. The molecule has 1 N–H and O–H groups in total. The van der Waals surface area contributed by atoms with Gasteiger partial charge in [-0.3, -0.25) is 9.69 Å². The molecule has 0 aromatic heterocycles. The summed E-state index contributed by atoms with van der Waals surface area (Å²) >= 11 is 0. The number of rotatable bonds is 4. The summed E-state index contributed by atoms with van der Waals surface area (Å²) in [5.41, 5.74) is 0. The first kappa shape index (κ1) is 12.3. The van der Waals surface area contributed by atoms with Gasteiger partial charge >= 0.3 is 12.1 Å². The predicted octanol–water partition coefficient (Wildman–Crippen LogP) is 1.88. The maximum atomic E-state index is 12.1. The van der Waals surface area contributed by atoms with E-state index < -0.39 is 18.7 Å². The number of nitrogens with zero attached hydrogens (tertiary/aromatic N) is 1. The summed E-state index contributed by atoms with van der Waals surface area (Å²) in [5, 5.41) is 8.45. The molecule has 15 heavy (non-hydrogen) atoms. The van der Waals surface area contributed by atoms with Crippen LogP contribution in [0.3, 0.4) is 0 Å². The molecule has 0 amide bonds. The zero-order valence-electron chi connectivity index (χ0n) is 8.26. The van der Waals surface area contributed by atoms with E-state index in [-0.39, 0.29) is 12.5 Å². The lowest BCUT2D eigenvalue weighted by Crippen LogP contribution is -2.37. The van der Waals surface area contributed by atoms with E-state index in [1.807, 2.05) is 0 Å². The minimum absolute atomic E-state index is 0.0565. The van der Waals surface area contributed by atoms with Crippen LogP contribution in [0.15, 0.2) is 0 Å². The molecule has 1 rings (SSSR count). The first-order valence-electron chi connectivity index (χ1n) is 4.91. The van der Waals surface area contributed by atoms with E-state index in [1.165, 1.54) is 4.90 Å². The standard InChI is InChI=1S/C9H14F3NO2/c10-9(11,12)6-13-5-1-2-7(13)3-4-8(14)15/h7H,1-6H2,(H,14,15). The SMILES string of the molecule is O=C(O)CCC1CCCN1CC(F)(F)F. The maximum Gasteiger partial charge on any atom is 0.401 e. The molecule has 1 fully saturated rings. The van der Waals surface area contributed by atoms with Crippen LogP contribution < -0.4 is 0 Å². The Hall–Kier alpha value is -0.780. The van der Waals surface area contributed by atoms with Crippen molar-refractivity contribution in [2.24, 2.45) is 0 Å². The Kier molecular flexibility index (Phi) is 3.96. The molecular weight excluding hydrogens is 211 g/mol. The first-order valence-corrected chi connectivity index (χ1v) is 4.91. The Labute approximate surface area is 85.9 Å². The molecule has 0 aliphatic carbocycles. The van der Waals surface area contributed by atoms with Crippen LogP contribution in [-0.4, -0.2) is 41.3 Å². The third-order valence-corrected chi connectivity index (χ3v) is 2.57. The van der Waals surface area contributed by atoms with Crippen LogP contribution in [0.25, 0.3) is 0 Å². The van der Waals surface area contributed by atoms with Crippen molar-refractivity contribution in [1.82, 2.24) is 4.90 Å². The van der Waals surface area contributed by atoms with Gasteiger partial charge in [-0.15, -0.1) is 0 Å². The minimum Gasteiger partial charge on any atom is -0.481 e. The molecule has 1 unspecified atom stereocenters. The van der Waals surface area contributed by atoms with Gasteiger partial charge in [-0.2, -0.15) is 13.2 Å². The molecule has 0 aromatic carbocycles. The second kappa shape index (κ2) is 4.83. The van der Waals surface area contributed by atoms with Crippen molar-refractivity contribution in [2.75, 3.05) is 13.1 Å². The van der Waals surface area contributed by atoms with Crippen molar-refractivity contribution >= 4 is 5.97 Å². The van der Waals surface area contributed by atoms with E-state index in [0.717, 1.165) is 6.42 Å². The van der Waals surface area contributed by atoms with Gasteiger partial charge in [0.25, 0.3) is 0 Å². The normalized spacial score (nSPS) is 23.3. The van der Waals surface area contributed by atoms with Gasteiger partial charge in [0, 0.05) is 12.5 Å². The Morgan fingerprint density at radius 1 is 1.47 bits per heavy atom. The van der Waals surface area contributed by atoms with E-state index in [2.05, 4.69) is 0 Å². The lowest BCUT2D eigenvalue weighted by molar-refractivity contribution is -0.148. The van der Waals surface area contributed by atoms with Crippen LogP contribution in [0.4, 0.5) is 13.2 Å². The number of halogens is 3. The Balaban J connectivity index is 2.39. The molecule has 88 valence electrons. The van der Waals surface area contributed by atoms with Gasteiger partial charge in [-0.1, -0.05) is 0 Å². The van der Waals surface area contributed by atoms with Crippen molar-refractivity contribution in [3.63, 3.8) is 0 Å². The third kappa shape index (κ3) is 4.51. The summed E-state index contributed by atoms with van der Waals surface area (Å²) in [6, 6.07) is -0.220. The van der Waals surface area contributed by atoms with E-state index in [1.54, 1.807) is 0 Å². The summed E-state index contributed by atoms with van der Waals surface area (Å²) < 4.78 is 36.4. The number of carbonyl (C=O) groups is 1. The van der Waals surface area contributed by atoms with Crippen molar-refractivity contribution in [3.8, 4) is 0 Å². The zero-order chi connectivity index (χ0) is 11.5. The zero-order valence-corrected chi connectivity index (χ0v) is 8.26. The van der Waals surface area contributed by atoms with Crippen LogP contribution >= 0.6 is 0 Å². The molecule has 0 saturated carbocycles. The summed E-state index contributed by atoms with van der Waals surface area (Å²) in [4.78, 5) is 11.6. The van der Waals surface area contributed by atoms with Crippen LogP contribution in [0.1, 0.15) is 25.7 Å². The molecule has 6 heteroatoms. The minimum atomic E-state index is -4.19. The average Bonchev–Trinajstić information content (AvgIpc) is 2.45. The number of hydrogen-bond donors (Lipinski definition) is 1. The molecule has 3 nitrogen and oxygen atoms in total. The van der Waals surface area contributed by atoms with Gasteiger partial charge in [0.05, 0.1) is 6.54 Å². The predicted molar refractivity (Wildman–Crippen MR) is 47.5 cm³/mol. The molecule has 1 heterocycles. The van der Waals surface area contributed by atoms with Crippen molar-refractivity contribution < 1.29 is 23.1 Å². The fourth-order valence-corrected chi connectivity index (χ4v) is 1.95. The van der Waals surface area contributed by atoms with Gasteiger partial charge in [-0.05, 0) is 25.8 Å². The summed E-state index contributed by atoms with van der Waals surface area (Å²) in [6.07, 6.45) is -2.54. The van der Waals surface area contributed by atoms with Crippen molar-refractivity contribution in [2.45, 2.75) is 37.9 Å². The highest BCUT2D eigenvalue weighted by molar-refractivity contribution is 5.66. The Morgan fingerprint density at radius 2 is 2.13 bits per heavy atom.